The lowest BCUT2D eigenvalue weighted by Crippen LogP contribution is -2.22. The summed E-state index contributed by atoms with van der Waals surface area (Å²) in [6.07, 6.45) is 0. The molecule has 2 atom stereocenters. The molecule has 0 amide bonds. The van der Waals surface area contributed by atoms with Crippen LogP contribution in [0.5, 0.6) is 0 Å². The van der Waals surface area contributed by atoms with Gasteiger partial charge in [0.25, 0.3) is 0 Å². The molecule has 2 unspecified atom stereocenters. The number of thiazole rings is 1. The summed E-state index contributed by atoms with van der Waals surface area (Å²) >= 11 is 7.67. The Hall–Kier alpha value is -0.940. The zero-order valence-corrected chi connectivity index (χ0v) is 13.6. The molecule has 0 spiro atoms. The van der Waals surface area contributed by atoms with Crippen molar-refractivity contribution >= 4 is 22.9 Å². The van der Waals surface area contributed by atoms with E-state index in [-0.39, 0.29) is 12.1 Å². The van der Waals surface area contributed by atoms with E-state index in [0.717, 1.165) is 22.3 Å². The number of halogens is 1. The zero-order chi connectivity index (χ0) is 14.7. The van der Waals surface area contributed by atoms with E-state index in [0.29, 0.717) is 0 Å². The number of hydrogen-bond donors (Lipinski definition) is 1. The first-order chi connectivity index (χ1) is 9.47. The highest BCUT2D eigenvalue weighted by molar-refractivity contribution is 7.09. The number of benzene rings is 1. The normalized spacial score (nSPS) is 14.5. The Bertz CT molecular complexity index is 568. The van der Waals surface area contributed by atoms with Crippen molar-refractivity contribution in [2.24, 2.45) is 5.73 Å². The van der Waals surface area contributed by atoms with Crippen LogP contribution >= 0.6 is 22.9 Å². The van der Waals surface area contributed by atoms with E-state index < -0.39 is 0 Å². The highest BCUT2D eigenvalue weighted by Crippen LogP contribution is 2.24. The van der Waals surface area contributed by atoms with Crippen molar-refractivity contribution in [1.29, 1.82) is 0 Å². The van der Waals surface area contributed by atoms with E-state index in [4.69, 9.17) is 17.3 Å². The maximum atomic E-state index is 6.05. The van der Waals surface area contributed by atoms with Gasteiger partial charge in [0.05, 0.1) is 11.7 Å². The molecule has 0 aliphatic carbocycles. The lowest BCUT2D eigenvalue weighted by Gasteiger charge is -2.24. The Labute approximate surface area is 129 Å². The largest absolute Gasteiger partial charge is 0.322 e. The number of rotatable bonds is 5. The molecular formula is C15H20ClN3S. The summed E-state index contributed by atoms with van der Waals surface area (Å²) in [7, 11) is 2.09. The Morgan fingerprint density at radius 3 is 2.75 bits per heavy atom. The summed E-state index contributed by atoms with van der Waals surface area (Å²) < 4.78 is 0. The van der Waals surface area contributed by atoms with Crippen molar-refractivity contribution in [3.8, 4) is 0 Å². The molecular weight excluding hydrogens is 290 g/mol. The maximum absolute atomic E-state index is 6.05. The molecule has 0 aliphatic heterocycles. The summed E-state index contributed by atoms with van der Waals surface area (Å²) in [6, 6.07) is 8.28. The van der Waals surface area contributed by atoms with E-state index in [9.17, 15) is 0 Å². The van der Waals surface area contributed by atoms with E-state index in [1.807, 2.05) is 25.1 Å². The number of nitrogens with zero attached hydrogens (tertiary/aromatic N) is 2. The first-order valence-electron chi connectivity index (χ1n) is 6.63. The predicted octanol–water partition coefficient (Wildman–Crippen LogP) is 4.01. The molecule has 0 fully saturated rings. The highest BCUT2D eigenvalue weighted by atomic mass is 35.5. The van der Waals surface area contributed by atoms with Crippen molar-refractivity contribution < 1.29 is 0 Å². The first-order valence-corrected chi connectivity index (χ1v) is 7.88. The van der Waals surface area contributed by atoms with Crippen LogP contribution in [0.3, 0.4) is 0 Å². The van der Waals surface area contributed by atoms with Gasteiger partial charge in [-0.2, -0.15) is 0 Å². The van der Waals surface area contributed by atoms with Gasteiger partial charge in [0.2, 0.25) is 0 Å². The van der Waals surface area contributed by atoms with Crippen LogP contribution < -0.4 is 5.73 Å². The molecule has 0 bridgehead atoms. The molecule has 0 saturated heterocycles. The fourth-order valence-electron chi connectivity index (χ4n) is 2.02. The minimum Gasteiger partial charge on any atom is -0.322 e. The van der Waals surface area contributed by atoms with E-state index in [1.165, 1.54) is 5.56 Å². The summed E-state index contributed by atoms with van der Waals surface area (Å²) in [5.74, 6) is 0. The fraction of sp³-hybridized carbons (Fsp3) is 0.400. The van der Waals surface area contributed by atoms with Gasteiger partial charge >= 0.3 is 0 Å². The van der Waals surface area contributed by atoms with Gasteiger partial charge in [0.15, 0.2) is 0 Å². The monoisotopic (exact) mass is 309 g/mol. The molecule has 0 saturated carbocycles. The molecule has 1 aromatic heterocycles. The van der Waals surface area contributed by atoms with Crippen LogP contribution in [0.2, 0.25) is 5.02 Å². The van der Waals surface area contributed by atoms with Crippen LogP contribution in [-0.4, -0.2) is 16.9 Å². The molecule has 5 heteroatoms. The van der Waals surface area contributed by atoms with Crippen LogP contribution in [0.4, 0.5) is 0 Å². The molecule has 0 radical (unpaired) electrons. The van der Waals surface area contributed by atoms with Crippen LogP contribution in [0.15, 0.2) is 29.6 Å². The Morgan fingerprint density at radius 1 is 1.40 bits per heavy atom. The van der Waals surface area contributed by atoms with Crippen molar-refractivity contribution in [1.82, 2.24) is 9.88 Å². The lowest BCUT2D eigenvalue weighted by molar-refractivity contribution is 0.250. The molecule has 1 aromatic carbocycles. The van der Waals surface area contributed by atoms with Gasteiger partial charge in [-0.25, -0.2) is 4.98 Å². The zero-order valence-electron chi connectivity index (χ0n) is 12.0. The van der Waals surface area contributed by atoms with Crippen molar-refractivity contribution in [2.45, 2.75) is 32.5 Å². The van der Waals surface area contributed by atoms with Crippen molar-refractivity contribution in [2.75, 3.05) is 7.05 Å². The topological polar surface area (TPSA) is 42.1 Å². The summed E-state index contributed by atoms with van der Waals surface area (Å²) in [6.45, 7) is 4.93. The molecule has 108 valence electrons. The van der Waals surface area contributed by atoms with Crippen molar-refractivity contribution in [3.63, 3.8) is 0 Å². The first kappa shape index (κ1) is 15.4. The van der Waals surface area contributed by atoms with E-state index in [2.05, 4.69) is 35.3 Å². The standard InChI is InChI=1S/C15H20ClN3S/c1-10(17)15-18-14(9-20-15)8-19(3)11(2)12-5-4-6-13(16)7-12/h4-7,9-11H,8,17H2,1-3H3. The van der Waals surface area contributed by atoms with Gasteiger partial charge in [-0.1, -0.05) is 23.7 Å². The Kier molecular flexibility index (Phi) is 5.16. The van der Waals surface area contributed by atoms with Gasteiger partial charge in [-0.15, -0.1) is 11.3 Å². The summed E-state index contributed by atoms with van der Waals surface area (Å²) in [5.41, 5.74) is 8.12. The average Bonchev–Trinajstić information content (AvgIpc) is 2.86. The molecule has 1 heterocycles. The van der Waals surface area contributed by atoms with Crippen LogP contribution in [0.1, 0.15) is 42.2 Å². The average molecular weight is 310 g/mol. The van der Waals surface area contributed by atoms with Gasteiger partial charge in [0, 0.05) is 23.0 Å². The smallest absolute Gasteiger partial charge is 0.109 e. The van der Waals surface area contributed by atoms with Crippen molar-refractivity contribution in [3.05, 3.63) is 50.9 Å². The minimum atomic E-state index is 0.00408. The van der Waals surface area contributed by atoms with Gasteiger partial charge in [-0.3, -0.25) is 4.90 Å². The second kappa shape index (κ2) is 6.68. The van der Waals surface area contributed by atoms with Gasteiger partial charge < -0.3 is 5.73 Å². The van der Waals surface area contributed by atoms with Crippen LogP contribution in [0, 0.1) is 0 Å². The summed E-state index contributed by atoms with van der Waals surface area (Å²) in [4.78, 5) is 6.82. The van der Waals surface area contributed by atoms with Crippen LogP contribution in [-0.2, 0) is 6.54 Å². The fourth-order valence-corrected chi connectivity index (χ4v) is 2.99. The van der Waals surface area contributed by atoms with E-state index >= 15 is 0 Å². The Morgan fingerprint density at radius 2 is 2.15 bits per heavy atom. The molecule has 2 aromatic rings. The molecule has 2 rings (SSSR count). The maximum Gasteiger partial charge on any atom is 0.109 e. The second-order valence-electron chi connectivity index (χ2n) is 5.11. The number of hydrogen-bond acceptors (Lipinski definition) is 4. The van der Waals surface area contributed by atoms with E-state index in [1.54, 1.807) is 11.3 Å². The third-order valence-electron chi connectivity index (χ3n) is 3.36. The third-order valence-corrected chi connectivity index (χ3v) is 4.69. The second-order valence-corrected chi connectivity index (χ2v) is 6.44. The predicted molar refractivity (Wildman–Crippen MR) is 86.1 cm³/mol. The summed E-state index contributed by atoms with van der Waals surface area (Å²) in [5, 5.41) is 3.85. The SMILES string of the molecule is CC(N)c1nc(CN(C)C(C)c2cccc(Cl)c2)cs1. The highest BCUT2D eigenvalue weighted by Gasteiger charge is 2.14. The molecule has 2 N–H and O–H groups in total. The number of aromatic nitrogens is 1. The molecule has 3 nitrogen and oxygen atoms in total. The van der Waals surface area contributed by atoms with Gasteiger partial charge in [-0.05, 0) is 38.6 Å². The Balaban J connectivity index is 2.05. The minimum absolute atomic E-state index is 0.00408. The molecule has 20 heavy (non-hydrogen) atoms. The lowest BCUT2D eigenvalue weighted by atomic mass is 10.1. The molecule has 0 aliphatic rings. The third kappa shape index (κ3) is 3.79. The quantitative estimate of drug-likeness (QED) is 0.907. The number of nitrogens with two attached hydrogens (primary N) is 1. The van der Waals surface area contributed by atoms with Gasteiger partial charge in [0.1, 0.15) is 5.01 Å². The van der Waals surface area contributed by atoms with Crippen LogP contribution in [0.25, 0.3) is 0 Å².